The summed E-state index contributed by atoms with van der Waals surface area (Å²) in [6, 6.07) is 2.55. The lowest BCUT2D eigenvalue weighted by Gasteiger charge is -2.20. The zero-order valence-electron chi connectivity index (χ0n) is 11.0. The van der Waals surface area contributed by atoms with Gasteiger partial charge in [-0.05, 0) is 37.4 Å². The molecule has 0 amide bonds. The predicted molar refractivity (Wildman–Crippen MR) is 89.2 cm³/mol. The van der Waals surface area contributed by atoms with Crippen molar-refractivity contribution in [2.24, 2.45) is 11.7 Å². The second-order valence-corrected chi connectivity index (χ2v) is 7.75. The van der Waals surface area contributed by atoms with Gasteiger partial charge in [-0.1, -0.05) is 41.2 Å². The molecular formula is C12H16Cl4N2O2S. The normalized spacial score (nSPS) is 22.1. The third-order valence-corrected chi connectivity index (χ3v) is 6.13. The van der Waals surface area contributed by atoms with Crippen molar-refractivity contribution in [2.45, 2.75) is 30.2 Å². The Morgan fingerprint density at radius 1 is 1.19 bits per heavy atom. The van der Waals surface area contributed by atoms with Crippen molar-refractivity contribution in [3.63, 3.8) is 0 Å². The number of sulfonamides is 1. The van der Waals surface area contributed by atoms with Crippen LogP contribution >= 0.6 is 47.2 Å². The summed E-state index contributed by atoms with van der Waals surface area (Å²) in [6.07, 6.45) is 2.65. The molecule has 2 rings (SSSR count). The van der Waals surface area contributed by atoms with E-state index in [0.717, 1.165) is 19.3 Å². The lowest BCUT2D eigenvalue weighted by atomic mass is 10.1. The standard InChI is InChI=1S/C12H15Cl3N2O2S.ClH/c13-8-4-9(14)12(10(15)5-8)20(18,19)17-11-3-1-2-7(11)6-16;/h4-5,7,11,17H,1-3,6,16H2;1H. The van der Waals surface area contributed by atoms with Crippen LogP contribution in [0.4, 0.5) is 0 Å². The first kappa shape index (κ1) is 19.3. The van der Waals surface area contributed by atoms with E-state index in [1.54, 1.807) is 0 Å². The zero-order valence-corrected chi connectivity index (χ0v) is 14.9. The van der Waals surface area contributed by atoms with E-state index in [9.17, 15) is 8.42 Å². The first-order valence-corrected chi connectivity index (χ1v) is 8.84. The van der Waals surface area contributed by atoms with E-state index in [1.165, 1.54) is 12.1 Å². The van der Waals surface area contributed by atoms with Crippen molar-refractivity contribution in [1.29, 1.82) is 0 Å². The van der Waals surface area contributed by atoms with Crippen LogP contribution in [0.15, 0.2) is 17.0 Å². The fourth-order valence-corrected chi connectivity index (χ4v) is 5.40. The summed E-state index contributed by atoms with van der Waals surface area (Å²) in [7, 11) is -3.79. The Morgan fingerprint density at radius 3 is 2.29 bits per heavy atom. The number of benzene rings is 1. The molecular weight excluding hydrogens is 378 g/mol. The maximum atomic E-state index is 12.4. The molecule has 1 aliphatic rings. The monoisotopic (exact) mass is 392 g/mol. The summed E-state index contributed by atoms with van der Waals surface area (Å²) in [5.74, 6) is 0.148. The molecule has 1 aliphatic carbocycles. The number of hydrogen-bond donors (Lipinski definition) is 2. The van der Waals surface area contributed by atoms with E-state index >= 15 is 0 Å². The molecule has 3 N–H and O–H groups in total. The first-order valence-electron chi connectivity index (χ1n) is 6.22. The molecule has 2 atom stereocenters. The summed E-state index contributed by atoms with van der Waals surface area (Å²) in [4.78, 5) is -0.132. The molecule has 1 aromatic carbocycles. The van der Waals surface area contributed by atoms with E-state index in [0.29, 0.717) is 11.6 Å². The van der Waals surface area contributed by atoms with Crippen LogP contribution in [0, 0.1) is 5.92 Å². The van der Waals surface area contributed by atoms with Gasteiger partial charge in [0.05, 0.1) is 10.0 Å². The predicted octanol–water partition coefficient (Wildman–Crippen LogP) is 3.47. The molecule has 0 heterocycles. The molecule has 21 heavy (non-hydrogen) atoms. The van der Waals surface area contributed by atoms with E-state index < -0.39 is 10.0 Å². The van der Waals surface area contributed by atoms with Gasteiger partial charge in [-0.2, -0.15) is 0 Å². The van der Waals surface area contributed by atoms with Gasteiger partial charge in [0.1, 0.15) is 4.90 Å². The summed E-state index contributed by atoms with van der Waals surface area (Å²) in [5.41, 5.74) is 5.66. The highest BCUT2D eigenvalue weighted by atomic mass is 35.5. The topological polar surface area (TPSA) is 72.2 Å². The molecule has 2 unspecified atom stereocenters. The number of halogens is 4. The number of nitrogens with one attached hydrogen (secondary N) is 1. The second-order valence-electron chi connectivity index (χ2n) is 4.85. The van der Waals surface area contributed by atoms with E-state index in [4.69, 9.17) is 40.5 Å². The van der Waals surface area contributed by atoms with Crippen LogP contribution in [0.25, 0.3) is 0 Å². The summed E-state index contributed by atoms with van der Waals surface area (Å²) in [5, 5.41) is 0.314. The third-order valence-electron chi connectivity index (χ3n) is 3.50. The minimum atomic E-state index is -3.79. The van der Waals surface area contributed by atoms with Gasteiger partial charge >= 0.3 is 0 Å². The van der Waals surface area contributed by atoms with Crippen LogP contribution < -0.4 is 10.5 Å². The number of rotatable bonds is 4. The Balaban J connectivity index is 0.00000220. The van der Waals surface area contributed by atoms with Gasteiger partial charge in [0.25, 0.3) is 0 Å². The molecule has 0 saturated heterocycles. The molecule has 9 heteroatoms. The Kier molecular flexibility index (Phi) is 7.06. The fraction of sp³-hybridized carbons (Fsp3) is 0.500. The summed E-state index contributed by atoms with van der Waals surface area (Å²) < 4.78 is 27.5. The smallest absolute Gasteiger partial charge is 0.243 e. The highest BCUT2D eigenvalue weighted by Crippen LogP contribution is 2.34. The largest absolute Gasteiger partial charge is 0.330 e. The molecule has 1 saturated carbocycles. The molecule has 120 valence electrons. The molecule has 1 aromatic rings. The van der Waals surface area contributed by atoms with Gasteiger partial charge in [-0.15, -0.1) is 12.4 Å². The van der Waals surface area contributed by atoms with E-state index in [2.05, 4.69) is 4.72 Å². The molecule has 0 radical (unpaired) electrons. The second kappa shape index (κ2) is 7.68. The Labute approximate surface area is 145 Å². The van der Waals surface area contributed by atoms with Crippen molar-refractivity contribution in [3.05, 3.63) is 27.2 Å². The van der Waals surface area contributed by atoms with Crippen molar-refractivity contribution in [3.8, 4) is 0 Å². The maximum absolute atomic E-state index is 12.4. The van der Waals surface area contributed by atoms with E-state index in [1.807, 2.05) is 0 Å². The average molecular weight is 394 g/mol. The lowest BCUT2D eigenvalue weighted by molar-refractivity contribution is 0.453. The molecule has 0 spiro atoms. The van der Waals surface area contributed by atoms with Crippen molar-refractivity contribution in [1.82, 2.24) is 4.72 Å². The quantitative estimate of drug-likeness (QED) is 0.822. The van der Waals surface area contributed by atoms with Crippen LogP contribution in [0.5, 0.6) is 0 Å². The average Bonchev–Trinajstić information content (AvgIpc) is 2.73. The highest BCUT2D eigenvalue weighted by molar-refractivity contribution is 7.89. The lowest BCUT2D eigenvalue weighted by Crippen LogP contribution is -2.40. The summed E-state index contributed by atoms with van der Waals surface area (Å²) in [6.45, 7) is 0.454. The zero-order chi connectivity index (χ0) is 14.9. The first-order chi connectivity index (χ1) is 9.35. The minimum absolute atomic E-state index is 0. The molecule has 4 nitrogen and oxygen atoms in total. The summed E-state index contributed by atoms with van der Waals surface area (Å²) >= 11 is 17.7. The SMILES string of the molecule is Cl.NCC1CCCC1NS(=O)(=O)c1c(Cl)cc(Cl)cc1Cl. The number of nitrogens with two attached hydrogens (primary N) is 1. The van der Waals surface area contributed by atoms with Crippen LogP contribution in [0.3, 0.4) is 0 Å². The Morgan fingerprint density at radius 2 is 1.76 bits per heavy atom. The van der Waals surface area contributed by atoms with Crippen LogP contribution in [0.2, 0.25) is 15.1 Å². The number of hydrogen-bond acceptors (Lipinski definition) is 3. The minimum Gasteiger partial charge on any atom is -0.330 e. The van der Waals surface area contributed by atoms with Crippen molar-refractivity contribution >= 4 is 57.2 Å². The van der Waals surface area contributed by atoms with Crippen molar-refractivity contribution < 1.29 is 8.42 Å². The van der Waals surface area contributed by atoms with Gasteiger partial charge in [0.15, 0.2) is 0 Å². The van der Waals surface area contributed by atoms with E-state index in [-0.39, 0.29) is 39.3 Å². The van der Waals surface area contributed by atoms with Gasteiger partial charge in [0, 0.05) is 11.1 Å². The molecule has 0 aliphatic heterocycles. The Bertz CT molecular complexity index is 586. The van der Waals surface area contributed by atoms with Gasteiger partial charge in [-0.25, -0.2) is 13.1 Å². The molecule has 1 fully saturated rings. The van der Waals surface area contributed by atoms with Gasteiger partial charge < -0.3 is 5.73 Å². The van der Waals surface area contributed by atoms with Crippen LogP contribution in [-0.4, -0.2) is 21.0 Å². The molecule has 0 aromatic heterocycles. The fourth-order valence-electron chi connectivity index (χ4n) is 2.52. The third kappa shape index (κ3) is 4.38. The van der Waals surface area contributed by atoms with Crippen LogP contribution in [-0.2, 0) is 10.0 Å². The van der Waals surface area contributed by atoms with Crippen LogP contribution in [0.1, 0.15) is 19.3 Å². The Hall–Kier alpha value is 0.250. The maximum Gasteiger partial charge on any atom is 0.243 e. The van der Waals surface area contributed by atoms with Crippen molar-refractivity contribution in [2.75, 3.05) is 6.54 Å². The van der Waals surface area contributed by atoms with Gasteiger partial charge in [0.2, 0.25) is 10.0 Å². The van der Waals surface area contributed by atoms with Gasteiger partial charge in [-0.3, -0.25) is 0 Å². The highest BCUT2D eigenvalue weighted by Gasteiger charge is 2.32. The molecule has 0 bridgehead atoms.